The third-order valence-electron chi connectivity index (χ3n) is 2.39. The minimum absolute atomic E-state index is 0.0966. The zero-order chi connectivity index (χ0) is 14.0. The molecule has 0 spiro atoms. The highest BCUT2D eigenvalue weighted by Gasteiger charge is 2.18. The molecular weight excluding hydrogens is 236 g/mol. The van der Waals surface area contributed by atoms with Gasteiger partial charge < -0.3 is 20.4 Å². The standard InChI is InChI=1S/C12H22N2O4/c1-3-5-10(9-11(16)17)13-12(18)14(6-4-2)7-8-15/h4,10,15H,2-3,5-9H2,1H3,(H,13,18)(H,16,17). The van der Waals surface area contributed by atoms with Gasteiger partial charge in [-0.2, -0.15) is 0 Å². The van der Waals surface area contributed by atoms with E-state index in [9.17, 15) is 9.59 Å². The number of hydrogen-bond donors (Lipinski definition) is 3. The van der Waals surface area contributed by atoms with E-state index in [-0.39, 0.29) is 31.6 Å². The van der Waals surface area contributed by atoms with Crippen LogP contribution in [0.25, 0.3) is 0 Å². The van der Waals surface area contributed by atoms with Crippen LogP contribution in [0.2, 0.25) is 0 Å². The summed E-state index contributed by atoms with van der Waals surface area (Å²) in [4.78, 5) is 23.9. The van der Waals surface area contributed by atoms with Gasteiger partial charge in [0.15, 0.2) is 0 Å². The zero-order valence-corrected chi connectivity index (χ0v) is 10.8. The highest BCUT2D eigenvalue weighted by Crippen LogP contribution is 2.03. The summed E-state index contributed by atoms with van der Waals surface area (Å²) in [5.41, 5.74) is 0. The Hall–Kier alpha value is -1.56. The fourth-order valence-electron chi connectivity index (χ4n) is 1.60. The monoisotopic (exact) mass is 258 g/mol. The summed E-state index contributed by atoms with van der Waals surface area (Å²) in [6.07, 6.45) is 2.86. The molecule has 0 radical (unpaired) electrons. The Kier molecular flexibility index (Phi) is 8.65. The van der Waals surface area contributed by atoms with Crippen molar-refractivity contribution in [2.75, 3.05) is 19.7 Å². The highest BCUT2D eigenvalue weighted by molar-refractivity contribution is 5.76. The number of amides is 2. The maximum absolute atomic E-state index is 11.9. The first-order valence-electron chi connectivity index (χ1n) is 6.04. The van der Waals surface area contributed by atoms with Gasteiger partial charge in [-0.1, -0.05) is 19.4 Å². The normalized spacial score (nSPS) is 11.7. The molecule has 0 saturated carbocycles. The predicted molar refractivity (Wildman–Crippen MR) is 68.3 cm³/mol. The Morgan fingerprint density at radius 2 is 2.17 bits per heavy atom. The van der Waals surface area contributed by atoms with Crippen molar-refractivity contribution < 1.29 is 19.8 Å². The van der Waals surface area contributed by atoms with Crippen molar-refractivity contribution >= 4 is 12.0 Å². The van der Waals surface area contributed by atoms with E-state index in [0.717, 1.165) is 6.42 Å². The maximum atomic E-state index is 11.9. The zero-order valence-electron chi connectivity index (χ0n) is 10.8. The summed E-state index contributed by atoms with van der Waals surface area (Å²) >= 11 is 0. The number of rotatable bonds is 9. The Bertz CT molecular complexity index is 281. The number of aliphatic carboxylic acids is 1. The lowest BCUT2D eigenvalue weighted by molar-refractivity contribution is -0.137. The molecule has 0 aliphatic heterocycles. The molecule has 0 aromatic rings. The fraction of sp³-hybridized carbons (Fsp3) is 0.667. The highest BCUT2D eigenvalue weighted by atomic mass is 16.4. The van der Waals surface area contributed by atoms with Gasteiger partial charge in [0.05, 0.1) is 13.0 Å². The number of aliphatic hydroxyl groups is 1. The molecule has 0 aromatic carbocycles. The second-order valence-corrected chi connectivity index (χ2v) is 3.99. The van der Waals surface area contributed by atoms with E-state index < -0.39 is 5.97 Å². The van der Waals surface area contributed by atoms with Crippen LogP contribution < -0.4 is 5.32 Å². The topological polar surface area (TPSA) is 89.9 Å². The van der Waals surface area contributed by atoms with Crippen LogP contribution in [0.15, 0.2) is 12.7 Å². The fourth-order valence-corrected chi connectivity index (χ4v) is 1.60. The van der Waals surface area contributed by atoms with Gasteiger partial charge in [-0.25, -0.2) is 4.79 Å². The summed E-state index contributed by atoms with van der Waals surface area (Å²) in [6.45, 7) is 5.83. The molecule has 3 N–H and O–H groups in total. The number of carboxylic acids is 1. The average molecular weight is 258 g/mol. The second-order valence-electron chi connectivity index (χ2n) is 3.99. The van der Waals surface area contributed by atoms with Crippen molar-refractivity contribution in [3.8, 4) is 0 Å². The Morgan fingerprint density at radius 1 is 1.50 bits per heavy atom. The van der Waals surface area contributed by atoms with Gasteiger partial charge in [-0.05, 0) is 6.42 Å². The van der Waals surface area contributed by atoms with Crippen LogP contribution in [-0.2, 0) is 4.79 Å². The average Bonchev–Trinajstić information content (AvgIpc) is 2.28. The number of carbonyl (C=O) groups excluding carboxylic acids is 1. The Morgan fingerprint density at radius 3 is 2.61 bits per heavy atom. The second kappa shape index (κ2) is 9.47. The summed E-state index contributed by atoms with van der Waals surface area (Å²) in [7, 11) is 0. The van der Waals surface area contributed by atoms with E-state index in [1.807, 2.05) is 6.92 Å². The van der Waals surface area contributed by atoms with Gasteiger partial charge in [0.2, 0.25) is 0 Å². The van der Waals surface area contributed by atoms with Crippen molar-refractivity contribution in [3.05, 3.63) is 12.7 Å². The molecule has 1 atom stereocenters. The summed E-state index contributed by atoms with van der Waals surface area (Å²) in [5, 5.41) is 20.3. The number of nitrogens with one attached hydrogen (secondary N) is 1. The van der Waals surface area contributed by atoms with Crippen molar-refractivity contribution in [1.29, 1.82) is 0 Å². The number of nitrogens with zero attached hydrogens (tertiary/aromatic N) is 1. The van der Waals surface area contributed by atoms with Gasteiger partial charge in [0, 0.05) is 19.1 Å². The van der Waals surface area contributed by atoms with Crippen molar-refractivity contribution in [2.45, 2.75) is 32.2 Å². The maximum Gasteiger partial charge on any atom is 0.317 e. The van der Waals surface area contributed by atoms with E-state index >= 15 is 0 Å². The van der Waals surface area contributed by atoms with E-state index in [2.05, 4.69) is 11.9 Å². The molecule has 2 amide bonds. The summed E-state index contributed by atoms with van der Waals surface area (Å²) in [5.74, 6) is -0.939. The van der Waals surface area contributed by atoms with Crippen LogP contribution in [0.5, 0.6) is 0 Å². The minimum atomic E-state index is -0.939. The molecule has 6 heteroatoms. The third kappa shape index (κ3) is 6.90. The molecule has 104 valence electrons. The lowest BCUT2D eigenvalue weighted by Crippen LogP contribution is -2.46. The van der Waals surface area contributed by atoms with Crippen LogP contribution in [-0.4, -0.2) is 52.9 Å². The number of aliphatic hydroxyl groups excluding tert-OH is 1. The Labute approximate surface area is 107 Å². The van der Waals surface area contributed by atoms with Crippen LogP contribution in [0.1, 0.15) is 26.2 Å². The lowest BCUT2D eigenvalue weighted by Gasteiger charge is -2.24. The van der Waals surface area contributed by atoms with Gasteiger partial charge in [-0.15, -0.1) is 6.58 Å². The first kappa shape index (κ1) is 16.4. The smallest absolute Gasteiger partial charge is 0.317 e. The van der Waals surface area contributed by atoms with Crippen molar-refractivity contribution in [3.63, 3.8) is 0 Å². The molecule has 6 nitrogen and oxygen atoms in total. The molecule has 0 aromatic heterocycles. The lowest BCUT2D eigenvalue weighted by atomic mass is 10.1. The molecule has 0 aliphatic rings. The molecule has 18 heavy (non-hydrogen) atoms. The number of urea groups is 1. The van der Waals surface area contributed by atoms with Crippen LogP contribution in [0, 0.1) is 0 Å². The molecule has 0 rings (SSSR count). The molecule has 0 aliphatic carbocycles. The largest absolute Gasteiger partial charge is 0.481 e. The molecule has 1 unspecified atom stereocenters. The number of carbonyl (C=O) groups is 2. The Balaban J connectivity index is 4.43. The summed E-state index contributed by atoms with van der Waals surface area (Å²) < 4.78 is 0. The van der Waals surface area contributed by atoms with E-state index in [4.69, 9.17) is 10.2 Å². The van der Waals surface area contributed by atoms with Gasteiger partial charge >= 0.3 is 12.0 Å². The quantitative estimate of drug-likeness (QED) is 0.534. The van der Waals surface area contributed by atoms with Gasteiger partial charge in [-0.3, -0.25) is 4.79 Å². The first-order valence-corrected chi connectivity index (χ1v) is 6.04. The predicted octanol–water partition coefficient (Wildman–Crippen LogP) is 0.820. The van der Waals surface area contributed by atoms with Crippen LogP contribution >= 0.6 is 0 Å². The number of hydrogen-bond acceptors (Lipinski definition) is 3. The van der Waals surface area contributed by atoms with E-state index in [1.165, 1.54) is 4.90 Å². The number of carboxylic acid groups (broad SMARTS) is 1. The van der Waals surface area contributed by atoms with E-state index in [0.29, 0.717) is 13.0 Å². The molecule has 0 fully saturated rings. The SMILES string of the molecule is C=CCN(CCO)C(=O)NC(CCC)CC(=O)O. The summed E-state index contributed by atoms with van der Waals surface area (Å²) in [6, 6.07) is -0.755. The third-order valence-corrected chi connectivity index (χ3v) is 2.39. The van der Waals surface area contributed by atoms with Crippen LogP contribution in [0.4, 0.5) is 4.79 Å². The van der Waals surface area contributed by atoms with Gasteiger partial charge in [0.25, 0.3) is 0 Å². The molecule has 0 saturated heterocycles. The molecule has 0 heterocycles. The molecular formula is C12H22N2O4. The first-order chi connectivity index (χ1) is 8.54. The van der Waals surface area contributed by atoms with Crippen LogP contribution in [0.3, 0.4) is 0 Å². The van der Waals surface area contributed by atoms with Gasteiger partial charge in [0.1, 0.15) is 0 Å². The van der Waals surface area contributed by atoms with Crippen molar-refractivity contribution in [1.82, 2.24) is 10.2 Å². The molecule has 0 bridgehead atoms. The minimum Gasteiger partial charge on any atom is -0.481 e. The van der Waals surface area contributed by atoms with E-state index in [1.54, 1.807) is 6.08 Å². The van der Waals surface area contributed by atoms with Crippen molar-refractivity contribution in [2.24, 2.45) is 0 Å².